The number of benzene rings is 1. The number of ether oxygens (including phenoxy) is 1. The van der Waals surface area contributed by atoms with E-state index in [1.165, 1.54) is 12.1 Å². The molecule has 0 unspecified atom stereocenters. The molecule has 0 aliphatic carbocycles. The summed E-state index contributed by atoms with van der Waals surface area (Å²) in [5.41, 5.74) is 5.94. The second kappa shape index (κ2) is 5.90. The van der Waals surface area contributed by atoms with Gasteiger partial charge in [-0.05, 0) is 17.7 Å². The molecule has 2 rings (SSSR count). The summed E-state index contributed by atoms with van der Waals surface area (Å²) < 4.78 is 42.8. The molecule has 0 bridgehead atoms. The molecular formula is C13H17F3N2O. The smallest absolute Gasteiger partial charge is 0.379 e. The minimum atomic E-state index is -4.30. The van der Waals surface area contributed by atoms with Gasteiger partial charge in [0.05, 0.1) is 18.8 Å². The molecule has 1 atom stereocenters. The summed E-state index contributed by atoms with van der Waals surface area (Å²) in [6.07, 6.45) is -4.30. The van der Waals surface area contributed by atoms with Gasteiger partial charge < -0.3 is 10.5 Å². The maximum atomic E-state index is 12.5. The van der Waals surface area contributed by atoms with Gasteiger partial charge in [0.15, 0.2) is 0 Å². The molecule has 1 aromatic rings. The maximum Gasteiger partial charge on any atom is 0.416 e. The lowest BCUT2D eigenvalue weighted by Gasteiger charge is -2.34. The van der Waals surface area contributed by atoms with E-state index in [2.05, 4.69) is 4.90 Å². The van der Waals surface area contributed by atoms with E-state index >= 15 is 0 Å². The standard InChI is InChI=1S/C13H17F3N2O/c14-13(15,16)11-3-1-10(2-4-11)12(9-17)18-5-7-19-8-6-18/h1-4,12H,5-9,17H2/t12-/m0/s1. The van der Waals surface area contributed by atoms with Gasteiger partial charge in [0, 0.05) is 25.7 Å². The molecule has 1 aliphatic rings. The lowest BCUT2D eigenvalue weighted by Crippen LogP contribution is -2.41. The van der Waals surface area contributed by atoms with Crippen LogP contribution in [0.2, 0.25) is 0 Å². The van der Waals surface area contributed by atoms with E-state index in [9.17, 15) is 13.2 Å². The van der Waals surface area contributed by atoms with Crippen LogP contribution in [-0.4, -0.2) is 37.7 Å². The first-order valence-electron chi connectivity index (χ1n) is 6.21. The molecule has 2 N–H and O–H groups in total. The molecule has 1 saturated heterocycles. The summed E-state index contributed by atoms with van der Waals surface area (Å²) in [5, 5.41) is 0. The van der Waals surface area contributed by atoms with Crippen LogP contribution in [0, 0.1) is 0 Å². The fourth-order valence-electron chi connectivity index (χ4n) is 2.28. The second-order valence-corrected chi connectivity index (χ2v) is 4.52. The summed E-state index contributed by atoms with van der Waals surface area (Å²) in [5.74, 6) is 0. The van der Waals surface area contributed by atoms with Crippen LogP contribution in [0.3, 0.4) is 0 Å². The topological polar surface area (TPSA) is 38.5 Å². The molecule has 19 heavy (non-hydrogen) atoms. The summed E-state index contributed by atoms with van der Waals surface area (Å²) >= 11 is 0. The van der Waals surface area contributed by atoms with Crippen molar-refractivity contribution in [2.75, 3.05) is 32.8 Å². The van der Waals surface area contributed by atoms with Crippen molar-refractivity contribution in [1.29, 1.82) is 0 Å². The van der Waals surface area contributed by atoms with Gasteiger partial charge in [-0.1, -0.05) is 12.1 Å². The second-order valence-electron chi connectivity index (χ2n) is 4.52. The maximum absolute atomic E-state index is 12.5. The number of hydrogen-bond acceptors (Lipinski definition) is 3. The number of alkyl halides is 3. The van der Waals surface area contributed by atoms with Gasteiger partial charge in [0.25, 0.3) is 0 Å². The van der Waals surface area contributed by atoms with Crippen LogP contribution in [0.1, 0.15) is 17.2 Å². The van der Waals surface area contributed by atoms with Crippen molar-refractivity contribution in [2.24, 2.45) is 5.73 Å². The third-order valence-corrected chi connectivity index (χ3v) is 3.33. The first-order chi connectivity index (χ1) is 9.02. The first-order valence-corrected chi connectivity index (χ1v) is 6.21. The number of halogens is 3. The summed E-state index contributed by atoms with van der Waals surface area (Å²) in [6, 6.07) is 5.19. The Labute approximate surface area is 110 Å². The van der Waals surface area contributed by atoms with E-state index in [-0.39, 0.29) is 6.04 Å². The van der Waals surface area contributed by atoms with Crippen LogP contribution in [-0.2, 0) is 10.9 Å². The predicted molar refractivity (Wildman–Crippen MR) is 65.6 cm³/mol. The molecule has 0 aromatic heterocycles. The fourth-order valence-corrected chi connectivity index (χ4v) is 2.28. The van der Waals surface area contributed by atoms with Gasteiger partial charge in [-0.15, -0.1) is 0 Å². The van der Waals surface area contributed by atoms with Crippen molar-refractivity contribution < 1.29 is 17.9 Å². The van der Waals surface area contributed by atoms with Crippen molar-refractivity contribution >= 4 is 0 Å². The van der Waals surface area contributed by atoms with E-state index in [0.29, 0.717) is 19.8 Å². The van der Waals surface area contributed by atoms with Crippen molar-refractivity contribution in [2.45, 2.75) is 12.2 Å². The fraction of sp³-hybridized carbons (Fsp3) is 0.538. The predicted octanol–water partition coefficient (Wildman–Crippen LogP) is 2.04. The third-order valence-electron chi connectivity index (χ3n) is 3.33. The quantitative estimate of drug-likeness (QED) is 0.916. The minimum Gasteiger partial charge on any atom is -0.379 e. The molecule has 1 fully saturated rings. The zero-order valence-corrected chi connectivity index (χ0v) is 10.5. The van der Waals surface area contributed by atoms with Crippen LogP contribution in [0.15, 0.2) is 24.3 Å². The number of hydrogen-bond donors (Lipinski definition) is 1. The molecule has 0 amide bonds. The van der Waals surface area contributed by atoms with Gasteiger partial charge in [-0.2, -0.15) is 13.2 Å². The van der Waals surface area contributed by atoms with Crippen LogP contribution in [0.5, 0.6) is 0 Å². The average Bonchev–Trinajstić information content (AvgIpc) is 2.40. The molecule has 3 nitrogen and oxygen atoms in total. The Morgan fingerprint density at radius 1 is 1.16 bits per heavy atom. The zero-order chi connectivity index (χ0) is 13.9. The molecule has 0 saturated carbocycles. The highest BCUT2D eigenvalue weighted by atomic mass is 19.4. The molecule has 106 valence electrons. The molecule has 1 aliphatic heterocycles. The van der Waals surface area contributed by atoms with E-state index in [1.807, 2.05) is 0 Å². The Kier molecular flexibility index (Phi) is 4.44. The largest absolute Gasteiger partial charge is 0.416 e. The van der Waals surface area contributed by atoms with Gasteiger partial charge in [0.2, 0.25) is 0 Å². The molecule has 0 spiro atoms. The van der Waals surface area contributed by atoms with Crippen LogP contribution >= 0.6 is 0 Å². The van der Waals surface area contributed by atoms with Gasteiger partial charge in [-0.25, -0.2) is 0 Å². The zero-order valence-electron chi connectivity index (χ0n) is 10.5. The normalized spacial score (nSPS) is 19.4. The number of nitrogens with zero attached hydrogens (tertiary/aromatic N) is 1. The number of nitrogens with two attached hydrogens (primary N) is 1. The van der Waals surface area contributed by atoms with Crippen LogP contribution < -0.4 is 5.73 Å². The Bertz CT molecular complexity index is 399. The van der Waals surface area contributed by atoms with Gasteiger partial charge in [-0.3, -0.25) is 4.90 Å². The van der Waals surface area contributed by atoms with Crippen molar-refractivity contribution in [3.05, 3.63) is 35.4 Å². The SMILES string of the molecule is NC[C@@H](c1ccc(C(F)(F)F)cc1)N1CCOCC1. The lowest BCUT2D eigenvalue weighted by molar-refractivity contribution is -0.137. The van der Waals surface area contributed by atoms with Gasteiger partial charge in [0.1, 0.15) is 0 Å². The minimum absolute atomic E-state index is 0.0498. The van der Waals surface area contributed by atoms with E-state index in [4.69, 9.17) is 10.5 Å². The Morgan fingerprint density at radius 3 is 2.21 bits per heavy atom. The molecule has 0 radical (unpaired) electrons. The summed E-state index contributed by atoms with van der Waals surface area (Å²) in [6.45, 7) is 3.16. The highest BCUT2D eigenvalue weighted by molar-refractivity contribution is 5.27. The Morgan fingerprint density at radius 2 is 1.74 bits per heavy atom. The lowest BCUT2D eigenvalue weighted by atomic mass is 10.0. The molecule has 6 heteroatoms. The van der Waals surface area contributed by atoms with Crippen molar-refractivity contribution in [3.63, 3.8) is 0 Å². The van der Waals surface area contributed by atoms with E-state index in [0.717, 1.165) is 30.8 Å². The van der Waals surface area contributed by atoms with Crippen molar-refractivity contribution in [3.8, 4) is 0 Å². The average molecular weight is 274 g/mol. The summed E-state index contributed by atoms with van der Waals surface area (Å²) in [4.78, 5) is 2.14. The van der Waals surface area contributed by atoms with E-state index in [1.54, 1.807) is 0 Å². The number of morpholine rings is 1. The summed E-state index contributed by atoms with van der Waals surface area (Å²) in [7, 11) is 0. The third kappa shape index (κ3) is 3.46. The Hall–Kier alpha value is -1.11. The Balaban J connectivity index is 2.14. The molecule has 1 heterocycles. The van der Waals surface area contributed by atoms with Gasteiger partial charge >= 0.3 is 6.18 Å². The number of rotatable bonds is 3. The first kappa shape index (κ1) is 14.3. The van der Waals surface area contributed by atoms with Crippen molar-refractivity contribution in [1.82, 2.24) is 4.90 Å². The monoisotopic (exact) mass is 274 g/mol. The highest BCUT2D eigenvalue weighted by Gasteiger charge is 2.30. The highest BCUT2D eigenvalue weighted by Crippen LogP contribution is 2.30. The molecule has 1 aromatic carbocycles. The van der Waals surface area contributed by atoms with Crippen LogP contribution in [0.4, 0.5) is 13.2 Å². The molecular weight excluding hydrogens is 257 g/mol. The van der Waals surface area contributed by atoms with E-state index < -0.39 is 11.7 Å². The van der Waals surface area contributed by atoms with Crippen LogP contribution in [0.25, 0.3) is 0 Å².